The number of ether oxygens (including phenoxy) is 1. The Labute approximate surface area is 129 Å². The first-order chi connectivity index (χ1) is 10.2. The topological polar surface area (TPSA) is 21.3 Å². The number of halogens is 1. The van der Waals surface area contributed by atoms with Crippen LogP contribution in [-0.4, -0.2) is 13.7 Å². The molecule has 0 saturated carbocycles. The zero-order valence-corrected chi connectivity index (χ0v) is 13.9. The Morgan fingerprint density at radius 1 is 1.10 bits per heavy atom. The van der Waals surface area contributed by atoms with Gasteiger partial charge < -0.3 is 10.1 Å². The average Bonchev–Trinajstić information content (AvgIpc) is 2.48. The minimum Gasteiger partial charge on any atom is -0.494 e. The molecule has 0 aromatic heterocycles. The highest BCUT2D eigenvalue weighted by Gasteiger charge is 2.22. The van der Waals surface area contributed by atoms with Crippen LogP contribution in [0, 0.1) is 11.7 Å². The molecule has 0 fully saturated rings. The van der Waals surface area contributed by atoms with E-state index in [0.717, 1.165) is 31.4 Å². The van der Waals surface area contributed by atoms with Crippen LogP contribution in [0.3, 0.4) is 0 Å². The predicted molar refractivity (Wildman–Crippen MR) is 87.3 cm³/mol. The van der Waals surface area contributed by atoms with E-state index in [0.29, 0.717) is 11.7 Å². The zero-order valence-electron chi connectivity index (χ0n) is 13.9. The van der Waals surface area contributed by atoms with Crippen molar-refractivity contribution < 1.29 is 9.13 Å². The molecule has 0 aliphatic rings. The molecule has 0 saturated heterocycles. The first kappa shape index (κ1) is 18.0. The third-order valence-corrected chi connectivity index (χ3v) is 3.94. The zero-order chi connectivity index (χ0) is 15.7. The Hall–Kier alpha value is -1.09. The smallest absolute Gasteiger partial charge is 0.165 e. The molecule has 1 aromatic carbocycles. The summed E-state index contributed by atoms with van der Waals surface area (Å²) in [5.41, 5.74) is 1.04. The number of hydrogen-bond donors (Lipinski definition) is 1. The molecule has 0 aliphatic heterocycles. The maximum Gasteiger partial charge on any atom is 0.165 e. The normalized spacial score (nSPS) is 12.7. The summed E-state index contributed by atoms with van der Waals surface area (Å²) in [5.74, 6) is 0.597. The van der Waals surface area contributed by atoms with Crippen molar-refractivity contribution >= 4 is 0 Å². The molecule has 1 rings (SSSR count). The van der Waals surface area contributed by atoms with Crippen molar-refractivity contribution in [3.63, 3.8) is 0 Å². The van der Waals surface area contributed by atoms with Crippen molar-refractivity contribution in [3.8, 4) is 5.75 Å². The summed E-state index contributed by atoms with van der Waals surface area (Å²) in [6, 6.07) is 5.59. The monoisotopic (exact) mass is 295 g/mol. The molecule has 3 heteroatoms. The van der Waals surface area contributed by atoms with Crippen LogP contribution >= 0.6 is 0 Å². The maximum atomic E-state index is 14.0. The second-order valence-electron chi connectivity index (χ2n) is 5.66. The Balaban J connectivity index is 3.01. The molecular weight excluding hydrogens is 265 g/mol. The maximum absolute atomic E-state index is 14.0. The van der Waals surface area contributed by atoms with E-state index in [2.05, 4.69) is 26.1 Å². The first-order valence-electron chi connectivity index (χ1n) is 8.24. The fourth-order valence-corrected chi connectivity index (χ4v) is 2.95. The third kappa shape index (κ3) is 5.31. The number of hydrogen-bond acceptors (Lipinski definition) is 2. The molecule has 0 spiro atoms. The van der Waals surface area contributed by atoms with Gasteiger partial charge in [-0.2, -0.15) is 0 Å². The number of benzene rings is 1. The highest BCUT2D eigenvalue weighted by atomic mass is 19.1. The van der Waals surface area contributed by atoms with Crippen LogP contribution in [0.5, 0.6) is 5.75 Å². The lowest BCUT2D eigenvalue weighted by Crippen LogP contribution is -2.29. The van der Waals surface area contributed by atoms with Crippen LogP contribution in [0.1, 0.15) is 64.5 Å². The van der Waals surface area contributed by atoms with Crippen LogP contribution in [0.15, 0.2) is 18.2 Å². The molecule has 0 bridgehead atoms. The van der Waals surface area contributed by atoms with Gasteiger partial charge in [-0.1, -0.05) is 39.7 Å². The fraction of sp³-hybridized carbons (Fsp3) is 0.667. The van der Waals surface area contributed by atoms with E-state index in [9.17, 15) is 4.39 Å². The van der Waals surface area contributed by atoms with Gasteiger partial charge in [0, 0.05) is 6.04 Å². The lowest BCUT2D eigenvalue weighted by molar-refractivity contribution is 0.314. The van der Waals surface area contributed by atoms with E-state index in [1.165, 1.54) is 20.0 Å². The Bertz CT molecular complexity index is 402. The van der Waals surface area contributed by atoms with Crippen molar-refractivity contribution in [2.24, 2.45) is 5.92 Å². The Morgan fingerprint density at radius 2 is 1.76 bits per heavy atom. The fourth-order valence-electron chi connectivity index (χ4n) is 2.95. The second-order valence-corrected chi connectivity index (χ2v) is 5.66. The summed E-state index contributed by atoms with van der Waals surface area (Å²) in [4.78, 5) is 0. The molecule has 0 radical (unpaired) electrons. The lowest BCUT2D eigenvalue weighted by Gasteiger charge is -2.28. The van der Waals surface area contributed by atoms with E-state index in [-0.39, 0.29) is 11.9 Å². The average molecular weight is 295 g/mol. The minimum atomic E-state index is -0.273. The van der Waals surface area contributed by atoms with Gasteiger partial charge in [-0.05, 0) is 49.4 Å². The largest absolute Gasteiger partial charge is 0.494 e. The molecular formula is C18H30FNO. The van der Waals surface area contributed by atoms with Gasteiger partial charge >= 0.3 is 0 Å². The van der Waals surface area contributed by atoms with E-state index in [4.69, 9.17) is 4.74 Å². The molecule has 2 nitrogen and oxygen atoms in total. The van der Waals surface area contributed by atoms with E-state index >= 15 is 0 Å². The molecule has 1 N–H and O–H groups in total. The molecule has 0 heterocycles. The van der Waals surface area contributed by atoms with Gasteiger partial charge in [0.05, 0.1) is 7.11 Å². The van der Waals surface area contributed by atoms with E-state index in [1.807, 2.05) is 6.07 Å². The van der Waals surface area contributed by atoms with Crippen LogP contribution in [0.25, 0.3) is 0 Å². The van der Waals surface area contributed by atoms with Crippen LogP contribution in [0.2, 0.25) is 0 Å². The predicted octanol–water partition coefficient (Wildman–Crippen LogP) is 5.09. The molecule has 21 heavy (non-hydrogen) atoms. The van der Waals surface area contributed by atoms with E-state index < -0.39 is 0 Å². The Morgan fingerprint density at radius 3 is 2.24 bits per heavy atom. The molecule has 0 amide bonds. The lowest BCUT2D eigenvalue weighted by atomic mass is 9.86. The number of rotatable bonds is 10. The second kappa shape index (κ2) is 9.78. The third-order valence-electron chi connectivity index (χ3n) is 3.94. The molecule has 1 atom stereocenters. The highest BCUT2D eigenvalue weighted by Crippen LogP contribution is 2.31. The molecule has 120 valence electrons. The standard InChI is InChI=1S/C18H30FNO/c1-5-8-14(9-6-2)18(20-12-7-3)15-10-11-17(21-4)16(19)13-15/h10-11,13-14,18,20H,5-9,12H2,1-4H3. The minimum absolute atomic E-state index is 0.227. The van der Waals surface area contributed by atoms with Crippen LogP contribution in [0.4, 0.5) is 4.39 Å². The van der Waals surface area contributed by atoms with Crippen LogP contribution in [-0.2, 0) is 0 Å². The van der Waals surface area contributed by atoms with Gasteiger partial charge in [0.2, 0.25) is 0 Å². The summed E-state index contributed by atoms with van der Waals surface area (Å²) in [7, 11) is 1.50. The van der Waals surface area contributed by atoms with Gasteiger partial charge in [0.1, 0.15) is 0 Å². The number of nitrogens with one attached hydrogen (secondary N) is 1. The molecule has 1 aromatic rings. The number of methoxy groups -OCH3 is 1. The molecule has 1 unspecified atom stereocenters. The summed E-state index contributed by atoms with van der Waals surface area (Å²) in [5, 5.41) is 3.61. The van der Waals surface area contributed by atoms with Gasteiger partial charge in [-0.25, -0.2) is 4.39 Å². The van der Waals surface area contributed by atoms with Crippen molar-refractivity contribution in [2.75, 3.05) is 13.7 Å². The molecule has 0 aliphatic carbocycles. The Kier molecular flexibility index (Phi) is 8.36. The van der Waals surface area contributed by atoms with Crippen molar-refractivity contribution in [2.45, 2.75) is 58.9 Å². The summed E-state index contributed by atoms with van der Waals surface area (Å²) in [6.07, 6.45) is 5.74. The first-order valence-corrected chi connectivity index (χ1v) is 8.24. The van der Waals surface area contributed by atoms with Gasteiger partial charge in [-0.3, -0.25) is 0 Å². The SMILES string of the molecule is CCCNC(c1ccc(OC)c(F)c1)C(CCC)CCC. The summed E-state index contributed by atoms with van der Waals surface area (Å²) < 4.78 is 19.0. The van der Waals surface area contributed by atoms with Gasteiger partial charge in [0.15, 0.2) is 11.6 Å². The quantitative estimate of drug-likeness (QED) is 0.649. The summed E-state index contributed by atoms with van der Waals surface area (Å²) >= 11 is 0. The van der Waals surface area contributed by atoms with Gasteiger partial charge in [-0.15, -0.1) is 0 Å². The van der Waals surface area contributed by atoms with Gasteiger partial charge in [0.25, 0.3) is 0 Å². The van der Waals surface area contributed by atoms with Crippen LogP contribution < -0.4 is 10.1 Å². The van der Waals surface area contributed by atoms with E-state index in [1.54, 1.807) is 12.1 Å². The van der Waals surface area contributed by atoms with Crippen molar-refractivity contribution in [3.05, 3.63) is 29.6 Å². The highest BCUT2D eigenvalue weighted by molar-refractivity contribution is 5.31. The van der Waals surface area contributed by atoms with Crippen molar-refractivity contribution in [1.29, 1.82) is 0 Å². The summed E-state index contributed by atoms with van der Waals surface area (Å²) in [6.45, 7) is 7.55. The van der Waals surface area contributed by atoms with Crippen molar-refractivity contribution in [1.82, 2.24) is 5.32 Å².